The predicted octanol–water partition coefficient (Wildman–Crippen LogP) is 1.16. The van der Waals surface area contributed by atoms with Crippen molar-refractivity contribution < 1.29 is 19.5 Å². The summed E-state index contributed by atoms with van der Waals surface area (Å²) in [6, 6.07) is -1.50. The van der Waals surface area contributed by atoms with Gasteiger partial charge in [-0.15, -0.1) is 0 Å². The van der Waals surface area contributed by atoms with Crippen molar-refractivity contribution >= 4 is 30.4 Å². The van der Waals surface area contributed by atoms with Gasteiger partial charge < -0.3 is 15.3 Å². The van der Waals surface area contributed by atoms with E-state index in [2.05, 4.69) is 17.9 Å². The molecule has 0 bridgehead atoms. The van der Waals surface area contributed by atoms with Crippen LogP contribution in [0.1, 0.15) is 40.0 Å². The molecule has 2 amide bonds. The van der Waals surface area contributed by atoms with E-state index in [-0.39, 0.29) is 17.7 Å². The third-order valence-corrected chi connectivity index (χ3v) is 4.34. The van der Waals surface area contributed by atoms with Gasteiger partial charge in [-0.3, -0.25) is 9.59 Å². The van der Waals surface area contributed by atoms with Gasteiger partial charge in [0.1, 0.15) is 12.1 Å². The molecule has 0 aromatic rings. The van der Waals surface area contributed by atoms with Gasteiger partial charge in [0, 0.05) is 18.2 Å². The van der Waals surface area contributed by atoms with Crippen molar-refractivity contribution in [2.24, 2.45) is 11.8 Å². The highest BCUT2D eigenvalue weighted by atomic mass is 32.1. The lowest BCUT2D eigenvalue weighted by Crippen LogP contribution is -2.51. The Labute approximate surface area is 137 Å². The molecule has 0 spiro atoms. The summed E-state index contributed by atoms with van der Waals surface area (Å²) >= 11 is 4.20. The first-order chi connectivity index (χ1) is 10.3. The van der Waals surface area contributed by atoms with E-state index in [4.69, 9.17) is 5.11 Å². The quantitative estimate of drug-likeness (QED) is 0.611. The molecule has 0 aliphatic carbocycles. The normalized spacial score (nSPS) is 20.8. The highest BCUT2D eigenvalue weighted by molar-refractivity contribution is 7.80. The fourth-order valence-electron chi connectivity index (χ4n) is 2.76. The molecule has 6 nitrogen and oxygen atoms in total. The predicted molar refractivity (Wildman–Crippen MR) is 86.8 cm³/mol. The molecule has 1 rings (SSSR count). The number of rotatable bonds is 7. The van der Waals surface area contributed by atoms with E-state index in [0.717, 1.165) is 0 Å². The zero-order valence-electron chi connectivity index (χ0n) is 13.4. The highest BCUT2D eigenvalue weighted by Gasteiger charge is 2.36. The van der Waals surface area contributed by atoms with Crippen molar-refractivity contribution in [2.45, 2.75) is 52.1 Å². The standard InChI is InChI=1S/C15H26N2O4S/c1-9(2)7-11(8-22)13(18)16-10(3)14(19)17-6-4-5-12(17)15(20)21/h9-12,22H,4-8H2,1-3H3,(H,16,18)(H,20,21)/t10-,11?,12+/m0/s1. The summed E-state index contributed by atoms with van der Waals surface area (Å²) in [5.41, 5.74) is 0. The lowest BCUT2D eigenvalue weighted by molar-refractivity contribution is -0.149. The van der Waals surface area contributed by atoms with Crippen molar-refractivity contribution in [3.8, 4) is 0 Å². The van der Waals surface area contributed by atoms with Crippen LogP contribution in [0.5, 0.6) is 0 Å². The molecule has 0 radical (unpaired) electrons. The largest absolute Gasteiger partial charge is 0.480 e. The number of carboxylic acids is 1. The fourth-order valence-corrected chi connectivity index (χ4v) is 3.08. The average molecular weight is 330 g/mol. The number of thiol groups is 1. The maximum absolute atomic E-state index is 12.4. The molecule has 1 heterocycles. The van der Waals surface area contributed by atoms with Gasteiger partial charge in [-0.1, -0.05) is 13.8 Å². The van der Waals surface area contributed by atoms with Crippen LogP contribution < -0.4 is 5.32 Å². The van der Waals surface area contributed by atoms with E-state index < -0.39 is 18.1 Å². The molecule has 0 aromatic carbocycles. The van der Waals surface area contributed by atoms with Crippen molar-refractivity contribution in [2.75, 3.05) is 12.3 Å². The highest BCUT2D eigenvalue weighted by Crippen LogP contribution is 2.19. The molecule has 126 valence electrons. The Balaban J connectivity index is 2.63. The van der Waals surface area contributed by atoms with E-state index >= 15 is 0 Å². The van der Waals surface area contributed by atoms with Crippen molar-refractivity contribution in [1.82, 2.24) is 10.2 Å². The van der Waals surface area contributed by atoms with Gasteiger partial charge in [-0.2, -0.15) is 12.6 Å². The van der Waals surface area contributed by atoms with E-state index in [1.54, 1.807) is 6.92 Å². The molecule has 1 unspecified atom stereocenters. The molecule has 1 saturated heterocycles. The van der Waals surface area contributed by atoms with Gasteiger partial charge >= 0.3 is 5.97 Å². The minimum absolute atomic E-state index is 0.198. The summed E-state index contributed by atoms with van der Waals surface area (Å²) in [6.45, 7) is 6.08. The maximum Gasteiger partial charge on any atom is 0.326 e. The number of hydrogen-bond acceptors (Lipinski definition) is 4. The summed E-state index contributed by atoms with van der Waals surface area (Å²) in [5, 5.41) is 11.8. The summed E-state index contributed by atoms with van der Waals surface area (Å²) < 4.78 is 0. The smallest absolute Gasteiger partial charge is 0.326 e. The van der Waals surface area contributed by atoms with Gasteiger partial charge in [-0.25, -0.2) is 4.79 Å². The molecular formula is C15H26N2O4S. The van der Waals surface area contributed by atoms with Gasteiger partial charge in [0.25, 0.3) is 0 Å². The number of amides is 2. The Bertz CT molecular complexity index is 428. The third kappa shape index (κ3) is 4.90. The van der Waals surface area contributed by atoms with E-state index in [1.807, 2.05) is 13.8 Å². The fraction of sp³-hybridized carbons (Fsp3) is 0.800. The second kappa shape index (κ2) is 8.41. The average Bonchev–Trinajstić information content (AvgIpc) is 2.92. The summed E-state index contributed by atoms with van der Waals surface area (Å²) in [4.78, 5) is 37.1. The van der Waals surface area contributed by atoms with Gasteiger partial charge in [0.15, 0.2) is 0 Å². The molecule has 1 aliphatic rings. The molecule has 2 N–H and O–H groups in total. The maximum atomic E-state index is 12.4. The number of nitrogens with one attached hydrogen (secondary N) is 1. The Morgan fingerprint density at radius 2 is 1.95 bits per heavy atom. The molecule has 3 atom stereocenters. The van der Waals surface area contributed by atoms with Crippen LogP contribution in [0, 0.1) is 11.8 Å². The molecule has 1 aliphatic heterocycles. The monoisotopic (exact) mass is 330 g/mol. The van der Waals surface area contributed by atoms with E-state index in [0.29, 0.717) is 37.5 Å². The molecule has 0 saturated carbocycles. The van der Waals surface area contributed by atoms with Crippen LogP contribution in [-0.2, 0) is 14.4 Å². The van der Waals surface area contributed by atoms with Crippen LogP contribution in [0.15, 0.2) is 0 Å². The van der Waals surface area contributed by atoms with Crippen LogP contribution in [0.3, 0.4) is 0 Å². The molecule has 1 fully saturated rings. The van der Waals surface area contributed by atoms with E-state index in [1.165, 1.54) is 4.90 Å². The summed E-state index contributed by atoms with van der Waals surface area (Å²) in [7, 11) is 0. The third-order valence-electron chi connectivity index (χ3n) is 3.90. The van der Waals surface area contributed by atoms with Crippen molar-refractivity contribution in [3.05, 3.63) is 0 Å². The number of nitrogens with zero attached hydrogens (tertiary/aromatic N) is 1. The van der Waals surface area contributed by atoms with Crippen LogP contribution in [0.25, 0.3) is 0 Å². The number of carboxylic acid groups (broad SMARTS) is 1. The summed E-state index contributed by atoms with van der Waals surface area (Å²) in [5.74, 6) is -0.975. The number of likely N-dealkylation sites (tertiary alicyclic amines) is 1. The topological polar surface area (TPSA) is 86.7 Å². The van der Waals surface area contributed by atoms with Crippen LogP contribution in [0.4, 0.5) is 0 Å². The van der Waals surface area contributed by atoms with Crippen molar-refractivity contribution in [3.63, 3.8) is 0 Å². The van der Waals surface area contributed by atoms with Crippen molar-refractivity contribution in [1.29, 1.82) is 0 Å². The SMILES string of the molecule is CC(C)CC(CS)C(=O)N[C@@H](C)C(=O)N1CCC[C@@H]1C(=O)O. The first kappa shape index (κ1) is 18.8. The molecule has 7 heteroatoms. The molecule has 0 aromatic heterocycles. The number of carbonyl (C=O) groups excluding carboxylic acids is 2. The Morgan fingerprint density at radius 3 is 2.45 bits per heavy atom. The van der Waals surface area contributed by atoms with E-state index in [9.17, 15) is 14.4 Å². The van der Waals surface area contributed by atoms with Gasteiger partial charge in [-0.05, 0) is 32.1 Å². The summed E-state index contributed by atoms with van der Waals surface area (Å²) in [6.07, 6.45) is 1.85. The number of carbonyl (C=O) groups is 3. The Hall–Kier alpha value is -1.24. The first-order valence-electron chi connectivity index (χ1n) is 7.72. The number of aliphatic carboxylic acids is 1. The Morgan fingerprint density at radius 1 is 1.32 bits per heavy atom. The minimum Gasteiger partial charge on any atom is -0.480 e. The zero-order chi connectivity index (χ0) is 16.9. The molecule has 22 heavy (non-hydrogen) atoms. The van der Waals surface area contributed by atoms with Crippen LogP contribution in [0.2, 0.25) is 0 Å². The lowest BCUT2D eigenvalue weighted by atomic mass is 9.97. The van der Waals surface area contributed by atoms with Gasteiger partial charge in [0.2, 0.25) is 11.8 Å². The first-order valence-corrected chi connectivity index (χ1v) is 8.35. The minimum atomic E-state index is -0.989. The second-order valence-electron chi connectivity index (χ2n) is 6.27. The second-order valence-corrected chi connectivity index (χ2v) is 6.63. The lowest BCUT2D eigenvalue weighted by Gasteiger charge is -2.26. The van der Waals surface area contributed by atoms with Crippen LogP contribution >= 0.6 is 12.6 Å². The van der Waals surface area contributed by atoms with Gasteiger partial charge in [0.05, 0.1) is 0 Å². The van der Waals surface area contributed by atoms with Crippen LogP contribution in [-0.4, -0.2) is 52.2 Å². The zero-order valence-corrected chi connectivity index (χ0v) is 14.3. The Kier molecular flexibility index (Phi) is 7.19. The number of hydrogen-bond donors (Lipinski definition) is 3. The molecular weight excluding hydrogens is 304 g/mol.